The second kappa shape index (κ2) is 12.4. The Balaban J connectivity index is 1.51. The van der Waals surface area contributed by atoms with Crippen molar-refractivity contribution in [3.63, 3.8) is 0 Å². The molecular formula is C28H34N6O4. The molecule has 3 atom stereocenters. The normalized spacial score (nSPS) is 13.7. The number of carbonyl (C=O) groups is 3. The number of unbranched alkanes of at least 4 members (excludes halogenated alkanes) is 1. The molecule has 4 aromatic rings. The van der Waals surface area contributed by atoms with Gasteiger partial charge in [-0.15, -0.1) is 0 Å². The molecule has 0 saturated carbocycles. The minimum absolute atomic E-state index is 0.163. The number of hydrogen-bond acceptors (Lipinski definition) is 5. The average Bonchev–Trinajstić information content (AvgIpc) is 3.51. The first kappa shape index (κ1) is 26.9. The van der Waals surface area contributed by atoms with Gasteiger partial charge in [-0.3, -0.25) is 9.59 Å². The molecule has 0 aliphatic heterocycles. The van der Waals surface area contributed by atoms with Gasteiger partial charge in [0.15, 0.2) is 0 Å². The maximum atomic E-state index is 13.3. The number of carboxylic acid groups (broad SMARTS) is 1. The van der Waals surface area contributed by atoms with Gasteiger partial charge in [0.2, 0.25) is 11.8 Å². The maximum Gasteiger partial charge on any atom is 0.326 e. The lowest BCUT2D eigenvalue weighted by molar-refractivity contribution is -0.142. The Morgan fingerprint density at radius 2 is 1.34 bits per heavy atom. The van der Waals surface area contributed by atoms with Crippen LogP contribution >= 0.6 is 0 Å². The number of aromatic amines is 2. The Morgan fingerprint density at radius 1 is 0.789 bits per heavy atom. The van der Waals surface area contributed by atoms with E-state index >= 15 is 0 Å². The van der Waals surface area contributed by atoms with Gasteiger partial charge < -0.3 is 37.2 Å². The quantitative estimate of drug-likeness (QED) is 0.133. The Bertz CT molecular complexity index is 1410. The Kier molecular flexibility index (Phi) is 8.77. The second-order valence-corrected chi connectivity index (χ2v) is 9.48. The number of rotatable bonds is 13. The standard InChI is InChI=1S/C28H34N6O4/c29-12-6-5-11-24(28(37)38)33-27(36)25(14-18-16-32-23-10-4-2-8-20(18)23)34-26(35)21(30)13-17-15-31-22-9-3-1-7-19(17)22/h1-4,7-10,15-16,21,24-25,31-32H,5-6,11-14,29-30H2,(H,33,36)(H,34,35)(H,37,38). The molecule has 0 bridgehead atoms. The number of carbonyl (C=O) groups excluding carboxylic acids is 2. The summed E-state index contributed by atoms with van der Waals surface area (Å²) >= 11 is 0. The lowest BCUT2D eigenvalue weighted by atomic mass is 10.0. The Labute approximate surface area is 220 Å². The van der Waals surface area contributed by atoms with Crippen LogP contribution in [0.5, 0.6) is 0 Å². The van der Waals surface area contributed by atoms with Crippen molar-refractivity contribution in [1.82, 2.24) is 20.6 Å². The van der Waals surface area contributed by atoms with E-state index in [-0.39, 0.29) is 19.3 Å². The van der Waals surface area contributed by atoms with E-state index in [9.17, 15) is 19.5 Å². The van der Waals surface area contributed by atoms with Crippen molar-refractivity contribution in [3.8, 4) is 0 Å². The van der Waals surface area contributed by atoms with Crippen molar-refractivity contribution in [1.29, 1.82) is 0 Å². The van der Waals surface area contributed by atoms with Gasteiger partial charge in [-0.05, 0) is 55.5 Å². The van der Waals surface area contributed by atoms with Gasteiger partial charge in [0.05, 0.1) is 6.04 Å². The SMILES string of the molecule is NCCCCC(NC(=O)C(Cc1c[nH]c2ccccc12)NC(=O)C(N)Cc1c[nH]c2ccccc12)C(=O)O. The number of H-pyrrole nitrogens is 2. The first-order chi connectivity index (χ1) is 18.4. The third-order valence-electron chi connectivity index (χ3n) is 6.74. The number of aromatic nitrogens is 2. The summed E-state index contributed by atoms with van der Waals surface area (Å²) in [7, 11) is 0. The molecule has 0 fully saturated rings. The number of aliphatic carboxylic acids is 1. The van der Waals surface area contributed by atoms with Crippen LogP contribution in [0.2, 0.25) is 0 Å². The van der Waals surface area contributed by atoms with E-state index in [2.05, 4.69) is 20.6 Å². The van der Waals surface area contributed by atoms with Crippen LogP contribution < -0.4 is 22.1 Å². The summed E-state index contributed by atoms with van der Waals surface area (Å²) in [6.45, 7) is 0.438. The van der Waals surface area contributed by atoms with E-state index in [1.807, 2.05) is 54.7 Å². The van der Waals surface area contributed by atoms with Crippen molar-refractivity contribution in [2.75, 3.05) is 6.54 Å². The van der Waals surface area contributed by atoms with Crippen LogP contribution in [0.25, 0.3) is 21.8 Å². The molecule has 9 N–H and O–H groups in total. The number of nitrogens with one attached hydrogen (secondary N) is 4. The number of carboxylic acids is 1. The first-order valence-corrected chi connectivity index (χ1v) is 12.8. The molecule has 0 aliphatic carbocycles. The highest BCUT2D eigenvalue weighted by molar-refractivity contribution is 5.93. The molecule has 0 aliphatic rings. The predicted octanol–water partition coefficient (Wildman–Crippen LogP) is 1.94. The molecule has 2 aromatic carbocycles. The lowest BCUT2D eigenvalue weighted by Gasteiger charge is -2.23. The van der Waals surface area contributed by atoms with E-state index in [0.717, 1.165) is 32.9 Å². The van der Waals surface area contributed by atoms with E-state index in [1.54, 1.807) is 6.20 Å². The summed E-state index contributed by atoms with van der Waals surface area (Å²) in [5.74, 6) is -2.21. The number of para-hydroxylation sites is 2. The van der Waals surface area contributed by atoms with Crippen LogP contribution in [0.4, 0.5) is 0 Å². The second-order valence-electron chi connectivity index (χ2n) is 9.48. The van der Waals surface area contributed by atoms with Crippen LogP contribution in [-0.4, -0.2) is 57.5 Å². The smallest absolute Gasteiger partial charge is 0.326 e. The number of nitrogens with two attached hydrogens (primary N) is 2. The summed E-state index contributed by atoms with van der Waals surface area (Å²) in [6.07, 6.45) is 5.50. The molecule has 0 saturated heterocycles. The molecule has 10 nitrogen and oxygen atoms in total. The summed E-state index contributed by atoms with van der Waals surface area (Å²) in [6, 6.07) is 12.3. The lowest BCUT2D eigenvalue weighted by Crippen LogP contribution is -2.55. The molecule has 2 aromatic heterocycles. The number of hydrogen-bond donors (Lipinski definition) is 7. The topological polar surface area (TPSA) is 179 Å². The van der Waals surface area contributed by atoms with E-state index in [1.165, 1.54) is 0 Å². The van der Waals surface area contributed by atoms with E-state index in [0.29, 0.717) is 19.4 Å². The Morgan fingerprint density at radius 3 is 1.92 bits per heavy atom. The van der Waals surface area contributed by atoms with Gasteiger partial charge in [-0.2, -0.15) is 0 Å². The van der Waals surface area contributed by atoms with Crippen molar-refractivity contribution < 1.29 is 19.5 Å². The van der Waals surface area contributed by atoms with Gasteiger partial charge in [0.25, 0.3) is 0 Å². The summed E-state index contributed by atoms with van der Waals surface area (Å²) in [5.41, 5.74) is 15.4. The number of benzene rings is 2. The molecule has 0 spiro atoms. The van der Waals surface area contributed by atoms with Gasteiger partial charge >= 0.3 is 5.97 Å². The molecule has 2 amide bonds. The fourth-order valence-corrected chi connectivity index (χ4v) is 4.66. The predicted molar refractivity (Wildman–Crippen MR) is 146 cm³/mol. The van der Waals surface area contributed by atoms with Gasteiger partial charge in [0.1, 0.15) is 12.1 Å². The monoisotopic (exact) mass is 518 g/mol. The van der Waals surface area contributed by atoms with Crippen LogP contribution in [-0.2, 0) is 27.2 Å². The molecule has 4 rings (SSSR count). The molecule has 10 heteroatoms. The van der Waals surface area contributed by atoms with Crippen molar-refractivity contribution in [2.45, 2.75) is 50.2 Å². The zero-order valence-corrected chi connectivity index (χ0v) is 21.1. The van der Waals surface area contributed by atoms with E-state index < -0.39 is 35.9 Å². The van der Waals surface area contributed by atoms with Crippen molar-refractivity contribution in [3.05, 3.63) is 72.1 Å². The first-order valence-electron chi connectivity index (χ1n) is 12.8. The summed E-state index contributed by atoms with van der Waals surface area (Å²) in [5, 5.41) is 16.9. The highest BCUT2D eigenvalue weighted by Crippen LogP contribution is 2.21. The highest BCUT2D eigenvalue weighted by Gasteiger charge is 2.29. The maximum absolute atomic E-state index is 13.3. The van der Waals surface area contributed by atoms with Crippen LogP contribution in [0.1, 0.15) is 30.4 Å². The molecule has 200 valence electrons. The number of amides is 2. The minimum Gasteiger partial charge on any atom is -0.480 e. The summed E-state index contributed by atoms with van der Waals surface area (Å²) in [4.78, 5) is 44.7. The fraction of sp³-hybridized carbons (Fsp3) is 0.321. The van der Waals surface area contributed by atoms with Gasteiger partial charge in [0, 0.05) is 40.6 Å². The van der Waals surface area contributed by atoms with Gasteiger partial charge in [-0.25, -0.2) is 4.79 Å². The minimum atomic E-state index is -1.14. The largest absolute Gasteiger partial charge is 0.480 e. The van der Waals surface area contributed by atoms with Gasteiger partial charge in [-0.1, -0.05) is 36.4 Å². The van der Waals surface area contributed by atoms with Crippen LogP contribution in [0.15, 0.2) is 60.9 Å². The fourth-order valence-electron chi connectivity index (χ4n) is 4.66. The van der Waals surface area contributed by atoms with Crippen LogP contribution in [0.3, 0.4) is 0 Å². The molecular weight excluding hydrogens is 484 g/mol. The van der Waals surface area contributed by atoms with Crippen molar-refractivity contribution in [2.24, 2.45) is 11.5 Å². The summed E-state index contributed by atoms with van der Waals surface area (Å²) < 4.78 is 0. The molecule has 3 unspecified atom stereocenters. The zero-order valence-electron chi connectivity index (χ0n) is 21.1. The third-order valence-corrected chi connectivity index (χ3v) is 6.74. The highest BCUT2D eigenvalue weighted by atomic mass is 16.4. The third kappa shape index (κ3) is 6.39. The van der Waals surface area contributed by atoms with E-state index in [4.69, 9.17) is 11.5 Å². The number of fused-ring (bicyclic) bond motifs is 2. The molecule has 38 heavy (non-hydrogen) atoms. The van der Waals surface area contributed by atoms with Crippen LogP contribution in [0, 0.1) is 0 Å². The average molecular weight is 519 g/mol. The molecule has 2 heterocycles. The van der Waals surface area contributed by atoms with Crippen molar-refractivity contribution >= 4 is 39.6 Å². The zero-order chi connectivity index (χ0) is 27.1. The molecule has 0 radical (unpaired) electrons. The Hall–Kier alpha value is -4.15.